The second-order valence-electron chi connectivity index (χ2n) is 3.49. The predicted molar refractivity (Wildman–Crippen MR) is 67.2 cm³/mol. The normalized spacial score (nSPS) is 11.7. The van der Waals surface area contributed by atoms with Crippen molar-refractivity contribution in [1.29, 1.82) is 0 Å². The number of methoxy groups -OCH3 is 1. The van der Waals surface area contributed by atoms with Gasteiger partial charge in [0.2, 0.25) is 5.91 Å². The van der Waals surface area contributed by atoms with Crippen LogP contribution in [0.2, 0.25) is 0 Å². The number of rotatable bonds is 6. The Bertz CT molecular complexity index is 487. The highest BCUT2D eigenvalue weighted by atomic mass is 32.1. The molecule has 3 N–H and O–H groups in total. The number of anilines is 1. The number of carbonyl (C=O) groups is 3. The molecule has 104 valence electrons. The van der Waals surface area contributed by atoms with Gasteiger partial charge in [0.1, 0.15) is 5.69 Å². The number of hydrogen-bond donors (Lipinski definition) is 3. The number of nitrogens with zero attached hydrogens (tertiary/aromatic N) is 1. The molecule has 0 saturated heterocycles. The maximum atomic E-state index is 11.7. The molecule has 1 unspecified atom stereocenters. The molecule has 1 aromatic heterocycles. The van der Waals surface area contributed by atoms with E-state index in [-0.39, 0.29) is 18.1 Å². The van der Waals surface area contributed by atoms with Crippen LogP contribution in [0.25, 0.3) is 0 Å². The molecule has 19 heavy (non-hydrogen) atoms. The van der Waals surface area contributed by atoms with Crippen molar-refractivity contribution in [1.82, 2.24) is 10.3 Å². The fourth-order valence-corrected chi connectivity index (χ4v) is 1.87. The molecule has 9 heteroatoms. The summed E-state index contributed by atoms with van der Waals surface area (Å²) < 4.78 is 4.67. The van der Waals surface area contributed by atoms with Gasteiger partial charge in [0.25, 0.3) is 5.91 Å². The van der Waals surface area contributed by atoms with Crippen LogP contribution in [-0.4, -0.2) is 47.6 Å². The van der Waals surface area contributed by atoms with Crippen molar-refractivity contribution in [2.45, 2.75) is 13.0 Å². The topological polar surface area (TPSA) is 118 Å². The molecule has 1 rings (SSSR count). The quantitative estimate of drug-likeness (QED) is 0.674. The van der Waals surface area contributed by atoms with Crippen LogP contribution < -0.4 is 10.6 Å². The summed E-state index contributed by atoms with van der Waals surface area (Å²) in [4.78, 5) is 37.0. The Morgan fingerprint density at radius 2 is 2.21 bits per heavy atom. The van der Waals surface area contributed by atoms with Crippen molar-refractivity contribution < 1.29 is 24.2 Å². The average Bonchev–Trinajstić information content (AvgIpc) is 2.76. The number of nitrogens with one attached hydrogen (secondary N) is 2. The van der Waals surface area contributed by atoms with Gasteiger partial charge < -0.3 is 20.5 Å². The van der Waals surface area contributed by atoms with Crippen molar-refractivity contribution >= 4 is 34.3 Å². The summed E-state index contributed by atoms with van der Waals surface area (Å²) in [7, 11) is 1.24. The standard InChI is InChI=1S/C10H13N3O5S/c1-5(14)12-10-13-6(4-19-10)8(15)11-3-7(18-2)9(16)17/h4,7H,3H2,1-2H3,(H,11,15)(H,16,17)(H,12,13,14). The molecule has 0 radical (unpaired) electrons. The number of ether oxygens (including phenoxy) is 1. The van der Waals surface area contributed by atoms with Crippen LogP contribution in [0.4, 0.5) is 5.13 Å². The number of amides is 2. The average molecular weight is 287 g/mol. The Morgan fingerprint density at radius 1 is 1.53 bits per heavy atom. The maximum absolute atomic E-state index is 11.7. The fraction of sp³-hybridized carbons (Fsp3) is 0.400. The van der Waals surface area contributed by atoms with E-state index in [0.29, 0.717) is 5.13 Å². The van der Waals surface area contributed by atoms with E-state index in [9.17, 15) is 14.4 Å². The molecule has 0 aliphatic rings. The van der Waals surface area contributed by atoms with Crippen molar-refractivity contribution in [2.24, 2.45) is 0 Å². The lowest BCUT2D eigenvalue weighted by Gasteiger charge is -2.10. The first-order valence-corrected chi connectivity index (χ1v) is 6.09. The second-order valence-corrected chi connectivity index (χ2v) is 4.35. The SMILES string of the molecule is COC(CNC(=O)c1csc(NC(C)=O)n1)C(=O)O. The van der Waals surface area contributed by atoms with Gasteiger partial charge in [0.05, 0.1) is 6.54 Å². The van der Waals surface area contributed by atoms with Gasteiger partial charge in [0.15, 0.2) is 11.2 Å². The van der Waals surface area contributed by atoms with Gasteiger partial charge in [-0.25, -0.2) is 9.78 Å². The summed E-state index contributed by atoms with van der Waals surface area (Å²) in [6.07, 6.45) is -1.11. The van der Waals surface area contributed by atoms with E-state index in [0.717, 1.165) is 11.3 Å². The zero-order chi connectivity index (χ0) is 14.4. The first kappa shape index (κ1) is 15.1. The molecule has 2 amide bonds. The Balaban J connectivity index is 2.56. The van der Waals surface area contributed by atoms with Crippen LogP contribution in [0.3, 0.4) is 0 Å². The fourth-order valence-electron chi connectivity index (χ4n) is 1.13. The van der Waals surface area contributed by atoms with E-state index < -0.39 is 18.0 Å². The molecule has 0 aliphatic heterocycles. The minimum atomic E-state index is -1.17. The highest BCUT2D eigenvalue weighted by Crippen LogP contribution is 2.14. The molecule has 1 atom stereocenters. The van der Waals surface area contributed by atoms with Gasteiger partial charge in [-0.15, -0.1) is 11.3 Å². The van der Waals surface area contributed by atoms with E-state index in [1.54, 1.807) is 0 Å². The molecule has 1 heterocycles. The molecule has 8 nitrogen and oxygen atoms in total. The Hall–Kier alpha value is -2.00. The van der Waals surface area contributed by atoms with Gasteiger partial charge in [-0.2, -0.15) is 0 Å². The van der Waals surface area contributed by atoms with Crippen LogP contribution in [0, 0.1) is 0 Å². The van der Waals surface area contributed by atoms with E-state index in [2.05, 4.69) is 20.4 Å². The second kappa shape index (κ2) is 6.81. The maximum Gasteiger partial charge on any atom is 0.334 e. The van der Waals surface area contributed by atoms with Gasteiger partial charge in [0, 0.05) is 19.4 Å². The van der Waals surface area contributed by atoms with Gasteiger partial charge in [-0.1, -0.05) is 0 Å². The lowest BCUT2D eigenvalue weighted by Crippen LogP contribution is -2.37. The number of carboxylic acid groups (broad SMARTS) is 1. The third-order valence-electron chi connectivity index (χ3n) is 2.03. The molecular weight excluding hydrogens is 274 g/mol. The third-order valence-corrected chi connectivity index (χ3v) is 2.79. The zero-order valence-corrected chi connectivity index (χ0v) is 11.1. The number of aromatic nitrogens is 1. The summed E-state index contributed by atoms with van der Waals surface area (Å²) in [6, 6.07) is 0. The van der Waals surface area contributed by atoms with Crippen LogP contribution in [0.15, 0.2) is 5.38 Å². The van der Waals surface area contributed by atoms with Gasteiger partial charge in [-0.3, -0.25) is 9.59 Å². The van der Waals surface area contributed by atoms with Crippen LogP contribution in [0.1, 0.15) is 17.4 Å². The summed E-state index contributed by atoms with van der Waals surface area (Å²) in [5, 5.41) is 15.3. The molecule has 0 bridgehead atoms. The molecular formula is C10H13N3O5S. The Morgan fingerprint density at radius 3 is 2.74 bits per heavy atom. The predicted octanol–water partition coefficient (Wildman–Crippen LogP) is -0.0691. The van der Waals surface area contributed by atoms with Crippen LogP contribution in [-0.2, 0) is 14.3 Å². The largest absolute Gasteiger partial charge is 0.479 e. The van der Waals surface area contributed by atoms with E-state index in [1.807, 2.05) is 0 Å². The van der Waals surface area contributed by atoms with Crippen LogP contribution in [0.5, 0.6) is 0 Å². The minimum Gasteiger partial charge on any atom is -0.479 e. The first-order chi connectivity index (χ1) is 8.93. The molecule has 1 aromatic rings. The molecule has 0 aliphatic carbocycles. The third kappa shape index (κ3) is 4.64. The van der Waals surface area contributed by atoms with E-state index in [1.165, 1.54) is 19.4 Å². The van der Waals surface area contributed by atoms with E-state index >= 15 is 0 Å². The number of carbonyl (C=O) groups excluding carboxylic acids is 2. The lowest BCUT2D eigenvalue weighted by molar-refractivity contribution is -0.148. The Labute approximate surface area is 112 Å². The monoisotopic (exact) mass is 287 g/mol. The van der Waals surface area contributed by atoms with Crippen molar-refractivity contribution in [2.75, 3.05) is 19.0 Å². The number of carboxylic acids is 1. The summed E-state index contributed by atoms with van der Waals surface area (Å²) in [6.45, 7) is 1.16. The molecule has 0 spiro atoms. The highest BCUT2D eigenvalue weighted by Gasteiger charge is 2.18. The van der Waals surface area contributed by atoms with E-state index in [4.69, 9.17) is 5.11 Å². The van der Waals surface area contributed by atoms with Crippen LogP contribution >= 0.6 is 11.3 Å². The van der Waals surface area contributed by atoms with Gasteiger partial charge in [-0.05, 0) is 0 Å². The number of hydrogen-bond acceptors (Lipinski definition) is 6. The summed E-state index contributed by atoms with van der Waals surface area (Å²) >= 11 is 1.10. The van der Waals surface area contributed by atoms with Crippen molar-refractivity contribution in [3.8, 4) is 0 Å². The minimum absolute atomic E-state index is 0.106. The lowest BCUT2D eigenvalue weighted by atomic mass is 10.3. The summed E-state index contributed by atoms with van der Waals surface area (Å²) in [5.74, 6) is -1.98. The highest BCUT2D eigenvalue weighted by molar-refractivity contribution is 7.14. The molecule has 0 aromatic carbocycles. The molecule has 0 fully saturated rings. The van der Waals surface area contributed by atoms with Gasteiger partial charge >= 0.3 is 5.97 Å². The Kier molecular flexibility index (Phi) is 5.39. The number of thiazole rings is 1. The zero-order valence-electron chi connectivity index (χ0n) is 10.3. The smallest absolute Gasteiger partial charge is 0.334 e. The molecule has 0 saturated carbocycles. The summed E-state index contributed by atoms with van der Waals surface area (Å²) in [5.41, 5.74) is 0.106. The van der Waals surface area contributed by atoms with Crippen molar-refractivity contribution in [3.05, 3.63) is 11.1 Å². The van der Waals surface area contributed by atoms with Crippen molar-refractivity contribution in [3.63, 3.8) is 0 Å². The first-order valence-electron chi connectivity index (χ1n) is 5.21. The number of aliphatic carboxylic acids is 1.